The molecule has 1 aromatic heterocycles. The van der Waals surface area contributed by atoms with E-state index in [1.165, 1.54) is 11.3 Å². The van der Waals surface area contributed by atoms with E-state index in [1.54, 1.807) is 36.6 Å². The monoisotopic (exact) mass is 558 g/mol. The van der Waals surface area contributed by atoms with Gasteiger partial charge in [0.25, 0.3) is 5.78 Å². The molecule has 0 radical (unpaired) electrons. The number of nitrogens with zero attached hydrogens (tertiary/aromatic N) is 2. The maximum Gasteiger partial charge on any atom is 0.408 e. The Morgan fingerprint density at radius 2 is 1.85 bits per heavy atom. The molecule has 0 spiro atoms. The van der Waals surface area contributed by atoms with Gasteiger partial charge in [-0.3, -0.25) is 24.6 Å². The number of ketones is 1. The van der Waals surface area contributed by atoms with Gasteiger partial charge in [0.05, 0.1) is 30.4 Å². The number of imide groups is 1. The molecular formula is C27H34N4O7S. The second kappa shape index (κ2) is 13.4. The SMILES string of the molecule is COC(=O)C(=O)C(Cc1ccccc1)N1CCC[C@H]1C(=O)NC(=O)[C@H](Cc1cscn1)NC(=O)OC(C)(C)C. The Morgan fingerprint density at radius 1 is 1.13 bits per heavy atom. The summed E-state index contributed by atoms with van der Waals surface area (Å²) in [5.74, 6) is -3.12. The molecule has 3 atom stereocenters. The number of methoxy groups -OCH3 is 1. The molecule has 0 saturated carbocycles. The number of rotatable bonds is 10. The van der Waals surface area contributed by atoms with Crippen molar-refractivity contribution >= 4 is 41.0 Å². The number of hydrogen-bond acceptors (Lipinski definition) is 10. The lowest BCUT2D eigenvalue weighted by molar-refractivity contribution is -0.154. The number of aromatic nitrogens is 1. The van der Waals surface area contributed by atoms with Crippen LogP contribution in [0.2, 0.25) is 0 Å². The minimum Gasteiger partial charge on any atom is -0.463 e. The van der Waals surface area contributed by atoms with Gasteiger partial charge < -0.3 is 14.8 Å². The molecule has 39 heavy (non-hydrogen) atoms. The van der Waals surface area contributed by atoms with E-state index in [4.69, 9.17) is 4.74 Å². The number of ether oxygens (including phenoxy) is 2. The number of benzene rings is 1. The van der Waals surface area contributed by atoms with E-state index in [2.05, 4.69) is 20.4 Å². The summed E-state index contributed by atoms with van der Waals surface area (Å²) in [7, 11) is 1.13. The Labute approximate surface area is 231 Å². The highest BCUT2D eigenvalue weighted by Gasteiger charge is 2.41. The Balaban J connectivity index is 1.77. The van der Waals surface area contributed by atoms with Crippen molar-refractivity contribution in [3.63, 3.8) is 0 Å². The van der Waals surface area contributed by atoms with E-state index in [0.29, 0.717) is 25.1 Å². The number of thiazole rings is 1. The summed E-state index contributed by atoms with van der Waals surface area (Å²) >= 11 is 1.34. The second-order valence-corrected chi connectivity index (χ2v) is 10.9. The van der Waals surface area contributed by atoms with Gasteiger partial charge in [-0.25, -0.2) is 14.6 Å². The molecule has 2 N–H and O–H groups in total. The van der Waals surface area contributed by atoms with Crippen molar-refractivity contribution < 1.29 is 33.4 Å². The fourth-order valence-electron chi connectivity index (χ4n) is 4.38. The lowest BCUT2D eigenvalue weighted by atomic mass is 9.99. The maximum atomic E-state index is 13.3. The molecule has 3 amide bonds. The number of nitrogens with one attached hydrogen (secondary N) is 2. The summed E-state index contributed by atoms with van der Waals surface area (Å²) in [6.45, 7) is 5.47. The highest BCUT2D eigenvalue weighted by atomic mass is 32.1. The van der Waals surface area contributed by atoms with Crippen LogP contribution in [-0.4, -0.2) is 76.9 Å². The van der Waals surface area contributed by atoms with Crippen LogP contribution in [0.4, 0.5) is 4.79 Å². The Hall–Kier alpha value is -3.64. The zero-order chi connectivity index (χ0) is 28.6. The molecule has 3 rings (SSSR count). The van der Waals surface area contributed by atoms with E-state index in [0.717, 1.165) is 12.7 Å². The van der Waals surface area contributed by atoms with Crippen LogP contribution in [0, 0.1) is 0 Å². The molecule has 210 valence electrons. The smallest absolute Gasteiger partial charge is 0.408 e. The topological polar surface area (TPSA) is 144 Å². The fraction of sp³-hybridized carbons (Fsp3) is 0.481. The van der Waals surface area contributed by atoms with Crippen molar-refractivity contribution in [2.45, 2.75) is 70.2 Å². The van der Waals surface area contributed by atoms with Gasteiger partial charge in [-0.2, -0.15) is 0 Å². The van der Waals surface area contributed by atoms with Gasteiger partial charge in [0.15, 0.2) is 0 Å². The van der Waals surface area contributed by atoms with Gasteiger partial charge in [-0.05, 0) is 52.1 Å². The largest absolute Gasteiger partial charge is 0.463 e. The molecule has 1 aliphatic heterocycles. The van der Waals surface area contributed by atoms with E-state index >= 15 is 0 Å². The first-order valence-electron chi connectivity index (χ1n) is 12.6. The summed E-state index contributed by atoms with van der Waals surface area (Å²) < 4.78 is 9.96. The maximum absolute atomic E-state index is 13.3. The zero-order valence-corrected chi connectivity index (χ0v) is 23.3. The lowest BCUT2D eigenvalue weighted by Crippen LogP contribution is -2.56. The van der Waals surface area contributed by atoms with Crippen molar-refractivity contribution in [2.24, 2.45) is 0 Å². The van der Waals surface area contributed by atoms with Gasteiger partial charge in [0, 0.05) is 11.8 Å². The van der Waals surface area contributed by atoms with Crippen LogP contribution in [0.1, 0.15) is 44.9 Å². The first-order chi connectivity index (χ1) is 18.5. The molecule has 1 fully saturated rings. The van der Waals surface area contributed by atoms with Gasteiger partial charge >= 0.3 is 12.1 Å². The number of alkyl carbamates (subject to hydrolysis) is 1. The molecule has 1 unspecified atom stereocenters. The van der Waals surface area contributed by atoms with Crippen LogP contribution in [0.15, 0.2) is 41.2 Å². The van der Waals surface area contributed by atoms with Crippen LogP contribution in [0.3, 0.4) is 0 Å². The molecule has 0 aliphatic carbocycles. The number of Topliss-reactive ketones (excluding diaryl/α,β-unsaturated/α-hetero) is 1. The van der Waals surface area contributed by atoms with Crippen molar-refractivity contribution in [3.05, 3.63) is 52.5 Å². The molecule has 2 aromatic rings. The molecule has 1 aromatic carbocycles. The standard InChI is InChI=1S/C27H34N4O7S/c1-27(2,3)38-26(36)29-19(14-18-15-39-16-28-18)23(33)30-24(34)20-11-8-12-31(20)21(22(32)25(35)37-4)13-17-9-6-5-7-10-17/h5-7,9-10,15-16,19-21H,8,11-14H2,1-4H3,(H,29,36)(H,30,33,34)/t19-,20-,21?/m0/s1. The highest BCUT2D eigenvalue weighted by molar-refractivity contribution is 7.07. The lowest BCUT2D eigenvalue weighted by Gasteiger charge is -2.31. The molecule has 11 nitrogen and oxygen atoms in total. The quantitative estimate of drug-likeness (QED) is 0.331. The van der Waals surface area contributed by atoms with Crippen LogP contribution < -0.4 is 10.6 Å². The molecule has 1 aliphatic rings. The van der Waals surface area contributed by atoms with Crippen molar-refractivity contribution in [1.29, 1.82) is 0 Å². The summed E-state index contributed by atoms with van der Waals surface area (Å²) in [6, 6.07) is 6.24. The van der Waals surface area contributed by atoms with E-state index in [1.807, 2.05) is 30.3 Å². The van der Waals surface area contributed by atoms with Crippen molar-refractivity contribution in [2.75, 3.05) is 13.7 Å². The van der Waals surface area contributed by atoms with E-state index in [-0.39, 0.29) is 12.8 Å². The number of carbonyl (C=O) groups excluding carboxylic acids is 5. The van der Waals surface area contributed by atoms with E-state index in [9.17, 15) is 24.0 Å². The number of carbonyl (C=O) groups is 5. The first-order valence-corrected chi connectivity index (χ1v) is 13.6. The fourth-order valence-corrected chi connectivity index (χ4v) is 4.95. The first kappa shape index (κ1) is 29.9. The Bertz CT molecular complexity index is 1160. The number of esters is 1. The predicted octanol–water partition coefficient (Wildman–Crippen LogP) is 2.04. The minimum atomic E-state index is -1.13. The average Bonchev–Trinajstić information content (AvgIpc) is 3.58. The third kappa shape index (κ3) is 8.69. The Morgan fingerprint density at radius 3 is 2.46 bits per heavy atom. The number of amides is 3. The van der Waals surface area contributed by atoms with Crippen LogP contribution >= 0.6 is 11.3 Å². The minimum absolute atomic E-state index is 0.0493. The molecule has 0 bridgehead atoms. The highest BCUT2D eigenvalue weighted by Crippen LogP contribution is 2.24. The van der Waals surface area contributed by atoms with Crippen LogP contribution in [-0.2, 0) is 41.5 Å². The number of likely N-dealkylation sites (tertiary alicyclic amines) is 1. The average molecular weight is 559 g/mol. The normalized spacial score (nSPS) is 17.1. The van der Waals surface area contributed by atoms with Gasteiger partial charge in [0.1, 0.15) is 11.6 Å². The summed E-state index contributed by atoms with van der Waals surface area (Å²) in [5.41, 5.74) is 2.20. The van der Waals surface area contributed by atoms with Crippen molar-refractivity contribution in [1.82, 2.24) is 20.5 Å². The molecule has 1 saturated heterocycles. The van der Waals surface area contributed by atoms with Crippen molar-refractivity contribution in [3.8, 4) is 0 Å². The van der Waals surface area contributed by atoms with Gasteiger partial charge in [-0.15, -0.1) is 11.3 Å². The third-order valence-corrected chi connectivity index (χ3v) is 6.74. The zero-order valence-electron chi connectivity index (χ0n) is 22.5. The third-order valence-electron chi connectivity index (χ3n) is 6.11. The molecule has 12 heteroatoms. The second-order valence-electron chi connectivity index (χ2n) is 10.2. The summed E-state index contributed by atoms with van der Waals surface area (Å²) in [4.78, 5) is 70.0. The Kier molecular flexibility index (Phi) is 10.3. The van der Waals surface area contributed by atoms with Gasteiger partial charge in [-0.1, -0.05) is 30.3 Å². The summed E-state index contributed by atoms with van der Waals surface area (Å²) in [5, 5.41) is 6.66. The van der Waals surface area contributed by atoms with Crippen LogP contribution in [0.25, 0.3) is 0 Å². The van der Waals surface area contributed by atoms with Crippen LogP contribution in [0.5, 0.6) is 0 Å². The summed E-state index contributed by atoms with van der Waals surface area (Å²) in [6.07, 6.45) is 0.409. The van der Waals surface area contributed by atoms with Gasteiger partial charge in [0.2, 0.25) is 11.8 Å². The van der Waals surface area contributed by atoms with E-state index < -0.39 is 53.4 Å². The molecule has 2 heterocycles. The predicted molar refractivity (Wildman–Crippen MR) is 143 cm³/mol. The number of hydrogen-bond donors (Lipinski definition) is 2. The molecular weight excluding hydrogens is 524 g/mol.